The minimum atomic E-state index is -0.161. The number of furan rings is 1. The number of amides is 1. The molecule has 9 heteroatoms. The molecule has 1 amide bonds. The van der Waals surface area contributed by atoms with Crippen molar-refractivity contribution in [3.8, 4) is 0 Å². The molecule has 8 nitrogen and oxygen atoms in total. The molecule has 0 saturated carbocycles. The number of benzene rings is 1. The van der Waals surface area contributed by atoms with Crippen LogP contribution >= 0.6 is 11.8 Å². The second-order valence-corrected chi connectivity index (χ2v) is 10.8. The summed E-state index contributed by atoms with van der Waals surface area (Å²) in [4.78, 5) is 17.2. The lowest BCUT2D eigenvalue weighted by atomic mass is 10.00. The monoisotopic (exact) mass is 497 g/mol. The lowest BCUT2D eigenvalue weighted by Gasteiger charge is -2.31. The van der Waals surface area contributed by atoms with Crippen LogP contribution in [0.1, 0.15) is 51.3 Å². The Morgan fingerprint density at radius 3 is 2.77 bits per heavy atom. The lowest BCUT2D eigenvalue weighted by molar-refractivity contribution is -0.129. The fourth-order valence-electron chi connectivity index (χ4n) is 4.83. The average molecular weight is 498 g/mol. The summed E-state index contributed by atoms with van der Waals surface area (Å²) in [5, 5.41) is 10.9. The second-order valence-electron chi connectivity index (χ2n) is 9.85. The van der Waals surface area contributed by atoms with E-state index in [9.17, 15) is 4.79 Å². The van der Waals surface area contributed by atoms with Crippen molar-refractivity contribution < 1.29 is 13.9 Å². The molecule has 0 bridgehead atoms. The van der Waals surface area contributed by atoms with Gasteiger partial charge in [0.15, 0.2) is 5.16 Å². The average Bonchev–Trinajstić information content (AvgIpc) is 3.62. The van der Waals surface area contributed by atoms with E-state index < -0.39 is 0 Å². The predicted octanol–water partition coefficient (Wildman–Crippen LogP) is 4.75. The van der Waals surface area contributed by atoms with Gasteiger partial charge in [-0.15, -0.1) is 10.2 Å². The molecule has 2 saturated heterocycles. The molecular formula is C26H35N5O3S. The zero-order chi connectivity index (χ0) is 24.4. The molecule has 188 valence electrons. The number of ether oxygens (including phenoxy) is 1. The molecule has 0 aliphatic carbocycles. The third kappa shape index (κ3) is 5.35. The van der Waals surface area contributed by atoms with E-state index >= 15 is 0 Å². The molecule has 2 aromatic heterocycles. The van der Waals surface area contributed by atoms with Gasteiger partial charge in [0.1, 0.15) is 11.3 Å². The normalized spacial score (nSPS) is 20.0. The van der Waals surface area contributed by atoms with Gasteiger partial charge >= 0.3 is 0 Å². The summed E-state index contributed by atoms with van der Waals surface area (Å²) in [6.45, 7) is 7.84. The Labute approximate surface area is 211 Å². The number of piperidine rings is 1. The highest BCUT2D eigenvalue weighted by Gasteiger charge is 2.27. The van der Waals surface area contributed by atoms with Crippen molar-refractivity contribution in [3.05, 3.63) is 36.1 Å². The van der Waals surface area contributed by atoms with Crippen molar-refractivity contribution in [2.75, 3.05) is 37.4 Å². The molecule has 2 fully saturated rings. The SMILES string of the molecule is CC1CCN(c2nnc(SCC(=O)N(C)C(C)c3cc4ccccc4o3)n2CC2CCCO2)CC1. The zero-order valence-corrected chi connectivity index (χ0v) is 21.7. The fourth-order valence-corrected chi connectivity index (χ4v) is 5.69. The molecule has 2 unspecified atom stereocenters. The Bertz CT molecular complexity index is 1110. The summed E-state index contributed by atoms with van der Waals surface area (Å²) in [5.74, 6) is 2.77. The van der Waals surface area contributed by atoms with Gasteiger partial charge in [-0.1, -0.05) is 36.9 Å². The molecule has 0 radical (unpaired) electrons. The summed E-state index contributed by atoms with van der Waals surface area (Å²) in [6, 6.07) is 9.77. The molecule has 35 heavy (non-hydrogen) atoms. The van der Waals surface area contributed by atoms with Crippen molar-refractivity contribution in [1.82, 2.24) is 19.7 Å². The van der Waals surface area contributed by atoms with E-state index in [0.29, 0.717) is 5.75 Å². The maximum atomic E-state index is 13.1. The first-order valence-electron chi connectivity index (χ1n) is 12.7. The molecule has 4 heterocycles. The van der Waals surface area contributed by atoms with Crippen LogP contribution in [-0.4, -0.2) is 64.2 Å². The van der Waals surface area contributed by atoms with Crippen LogP contribution in [0.25, 0.3) is 11.0 Å². The van der Waals surface area contributed by atoms with Gasteiger partial charge < -0.3 is 19.0 Å². The van der Waals surface area contributed by atoms with Gasteiger partial charge in [-0.05, 0) is 50.7 Å². The standard InChI is InChI=1S/C26H35N5O3S/c1-18-10-12-30(13-11-18)25-27-28-26(31(25)16-21-8-6-14-33-21)35-17-24(32)29(3)19(2)23-15-20-7-4-5-9-22(20)34-23/h4-5,7,9,15,18-19,21H,6,8,10-14,16-17H2,1-3H3. The molecule has 2 aliphatic heterocycles. The molecule has 5 rings (SSSR count). The highest BCUT2D eigenvalue weighted by atomic mass is 32.2. The summed E-state index contributed by atoms with van der Waals surface area (Å²) in [5.41, 5.74) is 0.839. The van der Waals surface area contributed by atoms with Crippen LogP contribution in [0.5, 0.6) is 0 Å². The van der Waals surface area contributed by atoms with E-state index in [0.717, 1.165) is 85.7 Å². The fraction of sp³-hybridized carbons (Fsp3) is 0.577. The third-order valence-electron chi connectivity index (χ3n) is 7.33. The molecule has 3 aromatic rings. The van der Waals surface area contributed by atoms with Gasteiger partial charge in [0.2, 0.25) is 11.9 Å². The van der Waals surface area contributed by atoms with Crippen LogP contribution in [0.15, 0.2) is 39.9 Å². The number of thioether (sulfide) groups is 1. The Morgan fingerprint density at radius 2 is 2.03 bits per heavy atom. The van der Waals surface area contributed by atoms with Crippen molar-refractivity contribution in [1.29, 1.82) is 0 Å². The molecule has 0 spiro atoms. The van der Waals surface area contributed by atoms with E-state index in [1.54, 1.807) is 4.90 Å². The van der Waals surface area contributed by atoms with E-state index in [4.69, 9.17) is 9.15 Å². The molecule has 2 atom stereocenters. The largest absolute Gasteiger partial charge is 0.459 e. The minimum Gasteiger partial charge on any atom is -0.459 e. The van der Waals surface area contributed by atoms with Crippen molar-refractivity contribution in [3.63, 3.8) is 0 Å². The van der Waals surface area contributed by atoms with Crippen molar-refractivity contribution in [2.45, 2.75) is 63.4 Å². The van der Waals surface area contributed by atoms with E-state index in [2.05, 4.69) is 26.6 Å². The number of carbonyl (C=O) groups excluding carboxylic acids is 1. The highest BCUT2D eigenvalue weighted by molar-refractivity contribution is 7.99. The Balaban J connectivity index is 1.27. The topological polar surface area (TPSA) is 76.6 Å². The van der Waals surface area contributed by atoms with Gasteiger partial charge in [0.05, 0.1) is 24.4 Å². The van der Waals surface area contributed by atoms with Crippen LogP contribution in [0, 0.1) is 5.92 Å². The number of anilines is 1. The summed E-state index contributed by atoms with van der Waals surface area (Å²) in [7, 11) is 1.83. The number of para-hydroxylation sites is 1. The maximum absolute atomic E-state index is 13.1. The molecular weight excluding hydrogens is 462 g/mol. The first kappa shape index (κ1) is 24.2. The molecule has 1 aromatic carbocycles. The van der Waals surface area contributed by atoms with E-state index in [1.165, 1.54) is 11.8 Å². The minimum absolute atomic E-state index is 0.0305. The van der Waals surface area contributed by atoms with Crippen LogP contribution < -0.4 is 4.90 Å². The van der Waals surface area contributed by atoms with Gasteiger partial charge in [0, 0.05) is 32.1 Å². The Kier molecular flexibility index (Phi) is 7.34. The van der Waals surface area contributed by atoms with E-state index in [-0.39, 0.29) is 18.1 Å². The number of hydrogen-bond donors (Lipinski definition) is 0. The number of aromatic nitrogens is 3. The Hall–Kier alpha value is -2.52. The van der Waals surface area contributed by atoms with Gasteiger partial charge in [-0.25, -0.2) is 0 Å². The third-order valence-corrected chi connectivity index (χ3v) is 8.28. The van der Waals surface area contributed by atoms with Crippen molar-refractivity contribution in [2.24, 2.45) is 5.92 Å². The number of nitrogens with zero attached hydrogens (tertiary/aromatic N) is 5. The summed E-state index contributed by atoms with van der Waals surface area (Å²) >= 11 is 1.46. The quantitative estimate of drug-likeness (QED) is 0.416. The number of rotatable bonds is 8. The van der Waals surface area contributed by atoms with Gasteiger partial charge in [-0.2, -0.15) is 0 Å². The Morgan fingerprint density at radius 1 is 1.23 bits per heavy atom. The van der Waals surface area contributed by atoms with Crippen LogP contribution in [0.2, 0.25) is 0 Å². The maximum Gasteiger partial charge on any atom is 0.233 e. The first-order valence-corrected chi connectivity index (χ1v) is 13.6. The lowest BCUT2D eigenvalue weighted by Crippen LogP contribution is -2.35. The predicted molar refractivity (Wildman–Crippen MR) is 138 cm³/mol. The van der Waals surface area contributed by atoms with Crippen molar-refractivity contribution >= 4 is 34.6 Å². The summed E-state index contributed by atoms with van der Waals surface area (Å²) in [6.07, 6.45) is 4.65. The smallest absolute Gasteiger partial charge is 0.233 e. The summed E-state index contributed by atoms with van der Waals surface area (Å²) < 4.78 is 14.1. The zero-order valence-electron chi connectivity index (χ0n) is 20.9. The first-order chi connectivity index (χ1) is 17.0. The highest BCUT2D eigenvalue weighted by Crippen LogP contribution is 2.30. The van der Waals surface area contributed by atoms with E-state index in [1.807, 2.05) is 44.3 Å². The molecule has 2 aliphatic rings. The molecule has 0 N–H and O–H groups in total. The number of fused-ring (bicyclic) bond motifs is 1. The van der Waals surface area contributed by atoms with Gasteiger partial charge in [0.25, 0.3) is 0 Å². The van der Waals surface area contributed by atoms with Crippen LogP contribution in [-0.2, 0) is 16.1 Å². The number of carbonyl (C=O) groups is 1. The second kappa shape index (κ2) is 10.6. The van der Waals surface area contributed by atoms with Crippen LogP contribution in [0.4, 0.5) is 5.95 Å². The van der Waals surface area contributed by atoms with Gasteiger partial charge in [-0.3, -0.25) is 9.36 Å². The van der Waals surface area contributed by atoms with Crippen LogP contribution in [0.3, 0.4) is 0 Å². The number of hydrogen-bond acceptors (Lipinski definition) is 7.